The third-order valence-electron chi connectivity index (χ3n) is 7.42. The Bertz CT molecular complexity index is 1310. The van der Waals surface area contributed by atoms with E-state index in [4.69, 9.17) is 4.74 Å². The molecular formula is C27H30N2O7S. The summed E-state index contributed by atoms with van der Waals surface area (Å²) in [5, 5.41) is 50.9. The highest BCUT2D eigenvalue weighted by molar-refractivity contribution is 7.98. The molecule has 0 aliphatic carbocycles. The molecule has 6 rings (SSSR count). The lowest BCUT2D eigenvalue weighted by atomic mass is 9.83. The number of thioether (sulfide) groups is 1. The largest absolute Gasteiger partial charge is 0.393 e. The SMILES string of the molecule is C[C@@](O)(CO)[C@H](O)[C@@]12NC(=O)[C@@](O)(NC1=O)C(CSCc1c3ccccc3cc3ccccc13)CCO2. The standard InChI is InChI=1S/C27H30N2O7S/c1-25(34,15-30)22(31)27-24(33)28-26(35,23(32)29-27)18(10-11-36-27)13-37-14-21-19-8-4-2-6-16(19)12-17-7-3-5-9-20(17)21/h2-9,12,18,22,30-31,34-35H,10-11,13-15H2,1H3,(H,28,33)(H,29,32)/t18?,22-,25+,26+,27-/m0/s1. The van der Waals surface area contributed by atoms with Crippen LogP contribution in [0.1, 0.15) is 18.9 Å². The van der Waals surface area contributed by atoms with Crippen molar-refractivity contribution in [1.29, 1.82) is 0 Å². The van der Waals surface area contributed by atoms with Crippen LogP contribution in [0.2, 0.25) is 0 Å². The molecule has 3 heterocycles. The van der Waals surface area contributed by atoms with Gasteiger partial charge in [0.2, 0.25) is 5.72 Å². The summed E-state index contributed by atoms with van der Waals surface area (Å²) >= 11 is 1.54. The van der Waals surface area contributed by atoms with Gasteiger partial charge >= 0.3 is 0 Å². The van der Waals surface area contributed by atoms with Gasteiger partial charge in [-0.3, -0.25) is 9.59 Å². The molecule has 37 heavy (non-hydrogen) atoms. The number of piperazine rings is 1. The second kappa shape index (κ2) is 9.54. The number of carbonyl (C=O) groups excluding carboxylic acids is 2. The molecule has 3 saturated heterocycles. The minimum absolute atomic E-state index is 0.0724. The average molecular weight is 527 g/mol. The van der Waals surface area contributed by atoms with E-state index in [1.807, 2.05) is 24.3 Å². The van der Waals surface area contributed by atoms with Crippen LogP contribution in [0.15, 0.2) is 54.6 Å². The van der Waals surface area contributed by atoms with Gasteiger partial charge in [-0.15, -0.1) is 0 Å². The van der Waals surface area contributed by atoms with Gasteiger partial charge in [0, 0.05) is 17.4 Å². The minimum atomic E-state index is -2.34. The van der Waals surface area contributed by atoms with E-state index < -0.39 is 47.5 Å². The Labute approximate surface area is 217 Å². The van der Waals surface area contributed by atoms with Crippen LogP contribution in [-0.2, 0) is 20.1 Å². The second-order valence-corrected chi connectivity index (χ2v) is 11.0. The first-order valence-corrected chi connectivity index (χ1v) is 13.3. The molecule has 0 radical (unpaired) electrons. The molecule has 3 aliphatic rings. The third-order valence-corrected chi connectivity index (χ3v) is 8.55. The van der Waals surface area contributed by atoms with E-state index in [-0.39, 0.29) is 13.0 Å². The number of hydrogen-bond acceptors (Lipinski definition) is 8. The molecule has 5 atom stereocenters. The molecule has 3 aliphatic heterocycles. The van der Waals surface area contributed by atoms with Crippen LogP contribution in [0.4, 0.5) is 0 Å². The van der Waals surface area contributed by atoms with Gasteiger partial charge in [-0.25, -0.2) is 0 Å². The summed E-state index contributed by atoms with van der Waals surface area (Å²) in [6.07, 6.45) is -1.77. The zero-order valence-corrected chi connectivity index (χ0v) is 21.1. The predicted octanol–water partition coefficient (Wildman–Crippen LogP) is 0.998. The van der Waals surface area contributed by atoms with Gasteiger partial charge in [0.15, 0.2) is 0 Å². The van der Waals surface area contributed by atoms with E-state index in [9.17, 15) is 30.0 Å². The maximum absolute atomic E-state index is 13.1. The van der Waals surface area contributed by atoms with Crippen LogP contribution in [0.3, 0.4) is 0 Å². The summed E-state index contributed by atoms with van der Waals surface area (Å²) in [5.74, 6) is -1.66. The number of ether oxygens (including phenoxy) is 1. The molecule has 2 bridgehead atoms. The second-order valence-electron chi connectivity index (χ2n) is 9.97. The van der Waals surface area contributed by atoms with Crippen molar-refractivity contribution in [3.8, 4) is 0 Å². The summed E-state index contributed by atoms with van der Waals surface area (Å²) in [5.41, 5.74) is -5.55. The van der Waals surface area contributed by atoms with Crippen LogP contribution in [0, 0.1) is 5.92 Å². The number of amides is 2. The Morgan fingerprint density at radius 3 is 2.32 bits per heavy atom. The lowest BCUT2D eigenvalue weighted by Gasteiger charge is -2.51. The van der Waals surface area contributed by atoms with Crippen molar-refractivity contribution in [2.24, 2.45) is 5.92 Å². The van der Waals surface area contributed by atoms with Crippen molar-refractivity contribution in [2.75, 3.05) is 19.0 Å². The van der Waals surface area contributed by atoms with E-state index in [0.717, 1.165) is 34.0 Å². The predicted molar refractivity (Wildman–Crippen MR) is 139 cm³/mol. The van der Waals surface area contributed by atoms with Crippen molar-refractivity contribution in [3.63, 3.8) is 0 Å². The molecule has 3 aromatic carbocycles. The monoisotopic (exact) mass is 526 g/mol. The van der Waals surface area contributed by atoms with Gasteiger partial charge in [0.1, 0.15) is 11.7 Å². The maximum atomic E-state index is 13.1. The number of fused-ring (bicyclic) bond motifs is 7. The Morgan fingerprint density at radius 2 is 1.70 bits per heavy atom. The van der Waals surface area contributed by atoms with E-state index >= 15 is 0 Å². The first-order chi connectivity index (χ1) is 17.6. The highest BCUT2D eigenvalue weighted by Crippen LogP contribution is 2.37. The normalized spacial score (nSPS) is 28.3. The molecule has 196 valence electrons. The number of nitrogens with one attached hydrogen (secondary N) is 2. The number of carbonyl (C=O) groups is 2. The van der Waals surface area contributed by atoms with Crippen molar-refractivity contribution >= 4 is 45.1 Å². The lowest BCUT2D eigenvalue weighted by molar-refractivity contribution is -0.240. The Kier molecular flexibility index (Phi) is 6.68. The van der Waals surface area contributed by atoms with Gasteiger partial charge < -0.3 is 35.8 Å². The van der Waals surface area contributed by atoms with Gasteiger partial charge in [-0.05, 0) is 46.5 Å². The van der Waals surface area contributed by atoms with E-state index in [0.29, 0.717) is 11.5 Å². The molecule has 3 aromatic rings. The molecule has 6 N–H and O–H groups in total. The maximum Gasteiger partial charge on any atom is 0.278 e. The van der Waals surface area contributed by atoms with Crippen LogP contribution in [0.5, 0.6) is 0 Å². The van der Waals surface area contributed by atoms with E-state index in [2.05, 4.69) is 41.0 Å². The fourth-order valence-electron chi connectivity index (χ4n) is 5.17. The smallest absolute Gasteiger partial charge is 0.278 e. The fourth-order valence-corrected chi connectivity index (χ4v) is 6.50. The average Bonchev–Trinajstić information content (AvgIpc) is 2.88. The van der Waals surface area contributed by atoms with Gasteiger partial charge in [-0.1, -0.05) is 48.5 Å². The molecular weight excluding hydrogens is 496 g/mol. The van der Waals surface area contributed by atoms with Gasteiger partial charge in [0.05, 0.1) is 13.2 Å². The lowest BCUT2D eigenvalue weighted by Crippen LogP contribution is -2.83. The summed E-state index contributed by atoms with van der Waals surface area (Å²) in [4.78, 5) is 26.2. The van der Waals surface area contributed by atoms with Crippen LogP contribution in [0.25, 0.3) is 21.5 Å². The summed E-state index contributed by atoms with van der Waals surface area (Å²) in [6.45, 7) is 0.164. The number of aliphatic hydroxyl groups is 4. The number of rotatable bonds is 7. The van der Waals surface area contributed by atoms with Crippen LogP contribution < -0.4 is 10.6 Å². The molecule has 0 saturated carbocycles. The third kappa shape index (κ3) is 4.27. The number of benzene rings is 3. The quantitative estimate of drug-likeness (QED) is 0.250. The summed E-state index contributed by atoms with van der Waals surface area (Å²) in [6, 6.07) is 18.4. The van der Waals surface area contributed by atoms with Gasteiger partial charge in [-0.2, -0.15) is 11.8 Å². The van der Waals surface area contributed by atoms with E-state index in [1.165, 1.54) is 0 Å². The highest BCUT2D eigenvalue weighted by Gasteiger charge is 2.64. The summed E-state index contributed by atoms with van der Waals surface area (Å²) < 4.78 is 5.66. The van der Waals surface area contributed by atoms with Crippen LogP contribution in [-0.4, -0.2) is 74.4 Å². The van der Waals surface area contributed by atoms with Crippen molar-refractivity contribution in [1.82, 2.24) is 10.6 Å². The highest BCUT2D eigenvalue weighted by atomic mass is 32.2. The zero-order valence-electron chi connectivity index (χ0n) is 20.3. The van der Waals surface area contributed by atoms with E-state index in [1.54, 1.807) is 11.8 Å². The molecule has 1 unspecified atom stereocenters. The van der Waals surface area contributed by atoms with Crippen molar-refractivity contribution in [2.45, 2.75) is 42.3 Å². The number of hydrogen-bond donors (Lipinski definition) is 6. The van der Waals surface area contributed by atoms with Crippen molar-refractivity contribution in [3.05, 3.63) is 60.2 Å². The number of aliphatic hydroxyl groups excluding tert-OH is 2. The molecule has 0 spiro atoms. The molecule has 2 amide bonds. The fraction of sp³-hybridized carbons (Fsp3) is 0.407. The van der Waals surface area contributed by atoms with Crippen molar-refractivity contribution < 1.29 is 34.8 Å². The van der Waals surface area contributed by atoms with Crippen LogP contribution >= 0.6 is 11.8 Å². The molecule has 9 nitrogen and oxygen atoms in total. The Balaban J connectivity index is 1.38. The van der Waals surface area contributed by atoms with Gasteiger partial charge in [0.25, 0.3) is 17.5 Å². The first kappa shape index (κ1) is 25.9. The zero-order chi connectivity index (χ0) is 26.4. The topological polar surface area (TPSA) is 148 Å². The first-order valence-electron chi connectivity index (χ1n) is 12.1. The minimum Gasteiger partial charge on any atom is -0.393 e. The molecule has 3 fully saturated rings. The molecule has 10 heteroatoms. The summed E-state index contributed by atoms with van der Waals surface area (Å²) in [7, 11) is 0. The molecule has 0 aromatic heterocycles. The Hall–Kier alpha value is -2.73. The Morgan fingerprint density at radius 1 is 1.08 bits per heavy atom.